The fourth-order valence-corrected chi connectivity index (χ4v) is 4.86. The second kappa shape index (κ2) is 6.69. The van der Waals surface area contributed by atoms with Crippen molar-refractivity contribution in [1.82, 2.24) is 4.90 Å². The number of carbonyl (C=O) groups excluding carboxylic acids is 1. The van der Waals surface area contributed by atoms with Gasteiger partial charge in [-0.05, 0) is 43.9 Å². The van der Waals surface area contributed by atoms with Gasteiger partial charge in [-0.1, -0.05) is 0 Å². The summed E-state index contributed by atoms with van der Waals surface area (Å²) in [5.74, 6) is 0.130. The van der Waals surface area contributed by atoms with Gasteiger partial charge in [-0.3, -0.25) is 4.79 Å². The van der Waals surface area contributed by atoms with Crippen molar-refractivity contribution >= 4 is 29.0 Å². The standard InChI is InChI=1S/C15H21NO3S2/c1-10-4-3-5-11(15-18-7-8-19-15)16(10)14(17)13-12(20-2)6-9-21-13/h6,9-11,15H,3-5,7-8H2,1-2H3/t10-,11-/m0/s1. The number of thiophene rings is 1. The summed E-state index contributed by atoms with van der Waals surface area (Å²) in [5, 5.41) is 1.99. The average molecular weight is 327 g/mol. The lowest BCUT2D eigenvalue weighted by Crippen LogP contribution is -2.54. The lowest BCUT2D eigenvalue weighted by atomic mass is 9.95. The van der Waals surface area contributed by atoms with Crippen molar-refractivity contribution in [2.24, 2.45) is 0 Å². The minimum atomic E-state index is -0.255. The number of likely N-dealkylation sites (tertiary alicyclic amines) is 1. The van der Waals surface area contributed by atoms with E-state index in [1.165, 1.54) is 11.3 Å². The van der Waals surface area contributed by atoms with Gasteiger partial charge in [-0.25, -0.2) is 0 Å². The number of nitrogens with zero attached hydrogens (tertiary/aromatic N) is 1. The van der Waals surface area contributed by atoms with Crippen molar-refractivity contribution in [1.29, 1.82) is 0 Å². The van der Waals surface area contributed by atoms with Gasteiger partial charge in [0, 0.05) is 10.9 Å². The summed E-state index contributed by atoms with van der Waals surface area (Å²) in [6.45, 7) is 3.39. The third-order valence-electron chi connectivity index (χ3n) is 4.19. The van der Waals surface area contributed by atoms with Gasteiger partial charge in [0.2, 0.25) is 0 Å². The van der Waals surface area contributed by atoms with E-state index in [1.807, 2.05) is 22.6 Å². The Bertz CT molecular complexity index is 499. The van der Waals surface area contributed by atoms with Crippen LogP contribution in [0.25, 0.3) is 0 Å². The Balaban J connectivity index is 1.86. The molecule has 0 spiro atoms. The molecule has 2 aliphatic rings. The fraction of sp³-hybridized carbons (Fsp3) is 0.667. The molecule has 4 nitrogen and oxygen atoms in total. The molecule has 1 amide bonds. The molecular weight excluding hydrogens is 306 g/mol. The van der Waals surface area contributed by atoms with E-state index in [4.69, 9.17) is 9.47 Å². The van der Waals surface area contributed by atoms with Crippen LogP contribution in [0.2, 0.25) is 0 Å². The van der Waals surface area contributed by atoms with Crippen LogP contribution in [-0.2, 0) is 9.47 Å². The largest absolute Gasteiger partial charge is 0.348 e. The van der Waals surface area contributed by atoms with E-state index in [1.54, 1.807) is 11.8 Å². The summed E-state index contributed by atoms with van der Waals surface area (Å²) in [7, 11) is 0. The second-order valence-corrected chi connectivity index (χ2v) is 7.25. The molecule has 0 saturated carbocycles. The predicted molar refractivity (Wildman–Crippen MR) is 85.1 cm³/mol. The maximum atomic E-state index is 13.0. The van der Waals surface area contributed by atoms with Crippen LogP contribution < -0.4 is 0 Å². The molecular formula is C15H21NO3S2. The first-order valence-corrected chi connectivity index (χ1v) is 9.50. The number of carbonyl (C=O) groups is 1. The summed E-state index contributed by atoms with van der Waals surface area (Å²) >= 11 is 3.16. The van der Waals surface area contributed by atoms with Crippen LogP contribution in [0.1, 0.15) is 35.9 Å². The fourth-order valence-electron chi connectivity index (χ4n) is 3.18. The van der Waals surface area contributed by atoms with E-state index in [0.29, 0.717) is 13.2 Å². The topological polar surface area (TPSA) is 38.8 Å². The molecule has 0 unspecified atom stereocenters. The van der Waals surface area contributed by atoms with Crippen LogP contribution in [0.15, 0.2) is 16.3 Å². The van der Waals surface area contributed by atoms with E-state index >= 15 is 0 Å². The molecule has 0 N–H and O–H groups in total. The Kier molecular flexibility index (Phi) is 4.88. The van der Waals surface area contributed by atoms with Gasteiger partial charge in [-0.15, -0.1) is 23.1 Å². The molecule has 116 valence electrons. The van der Waals surface area contributed by atoms with Crippen molar-refractivity contribution in [2.45, 2.75) is 49.5 Å². The summed E-state index contributed by atoms with van der Waals surface area (Å²) < 4.78 is 11.4. The smallest absolute Gasteiger partial charge is 0.265 e. The highest BCUT2D eigenvalue weighted by Gasteiger charge is 2.40. The van der Waals surface area contributed by atoms with E-state index < -0.39 is 0 Å². The highest BCUT2D eigenvalue weighted by atomic mass is 32.2. The molecule has 1 aromatic rings. The van der Waals surface area contributed by atoms with Crippen molar-refractivity contribution in [3.05, 3.63) is 16.3 Å². The minimum Gasteiger partial charge on any atom is -0.348 e. The monoisotopic (exact) mass is 327 g/mol. The van der Waals surface area contributed by atoms with Crippen LogP contribution in [0.4, 0.5) is 0 Å². The summed E-state index contributed by atoms with van der Waals surface area (Å²) in [5.41, 5.74) is 0. The zero-order chi connectivity index (χ0) is 14.8. The van der Waals surface area contributed by atoms with Crippen LogP contribution in [0.5, 0.6) is 0 Å². The number of piperidine rings is 1. The highest BCUT2D eigenvalue weighted by Crippen LogP contribution is 2.33. The van der Waals surface area contributed by atoms with Crippen molar-refractivity contribution in [3.63, 3.8) is 0 Å². The Morgan fingerprint density at radius 2 is 2.14 bits per heavy atom. The first kappa shape index (κ1) is 15.3. The van der Waals surface area contributed by atoms with E-state index in [0.717, 1.165) is 29.0 Å². The first-order valence-electron chi connectivity index (χ1n) is 7.39. The van der Waals surface area contributed by atoms with Gasteiger partial charge in [0.1, 0.15) is 4.88 Å². The van der Waals surface area contributed by atoms with E-state index in [2.05, 4.69) is 6.92 Å². The maximum absolute atomic E-state index is 13.0. The predicted octanol–water partition coefficient (Wildman–Crippen LogP) is 3.23. The normalized spacial score (nSPS) is 27.2. The number of hydrogen-bond acceptors (Lipinski definition) is 5. The van der Waals surface area contributed by atoms with Gasteiger partial charge in [-0.2, -0.15) is 0 Å². The summed E-state index contributed by atoms with van der Waals surface area (Å²) in [6, 6.07) is 2.30. The molecule has 2 atom stereocenters. The van der Waals surface area contributed by atoms with Gasteiger partial charge < -0.3 is 14.4 Å². The van der Waals surface area contributed by atoms with Crippen LogP contribution in [0.3, 0.4) is 0 Å². The molecule has 2 fully saturated rings. The second-order valence-electron chi connectivity index (χ2n) is 5.49. The lowest BCUT2D eigenvalue weighted by molar-refractivity contribution is -0.108. The van der Waals surface area contributed by atoms with Crippen molar-refractivity contribution in [3.8, 4) is 0 Å². The van der Waals surface area contributed by atoms with Crippen LogP contribution in [0, 0.1) is 0 Å². The lowest BCUT2D eigenvalue weighted by Gasteiger charge is -2.42. The van der Waals surface area contributed by atoms with E-state index in [-0.39, 0.29) is 24.3 Å². The Hall–Kier alpha value is -0.560. The SMILES string of the molecule is CSc1ccsc1C(=O)N1[C@@H](C)CCC[C@H]1C1OCCO1. The molecule has 21 heavy (non-hydrogen) atoms. The summed E-state index contributed by atoms with van der Waals surface area (Å²) in [6.07, 6.45) is 4.89. The van der Waals surface area contributed by atoms with Crippen LogP contribution >= 0.6 is 23.1 Å². The minimum absolute atomic E-state index is 0.0422. The molecule has 3 rings (SSSR count). The number of amides is 1. The van der Waals surface area contributed by atoms with Crippen LogP contribution in [-0.4, -0.2) is 48.7 Å². The van der Waals surface area contributed by atoms with Crippen molar-refractivity contribution < 1.29 is 14.3 Å². The molecule has 1 aromatic heterocycles. The molecule has 0 aliphatic carbocycles. The van der Waals surface area contributed by atoms with Gasteiger partial charge in [0.05, 0.1) is 19.3 Å². The number of rotatable bonds is 3. The quantitative estimate of drug-likeness (QED) is 0.799. The zero-order valence-corrected chi connectivity index (χ0v) is 14.0. The maximum Gasteiger partial charge on any atom is 0.265 e. The number of thioether (sulfide) groups is 1. The first-order chi connectivity index (χ1) is 10.2. The number of hydrogen-bond donors (Lipinski definition) is 0. The molecule has 2 saturated heterocycles. The molecule has 0 aromatic carbocycles. The van der Waals surface area contributed by atoms with Gasteiger partial charge in [0.15, 0.2) is 6.29 Å². The third-order valence-corrected chi connectivity index (χ3v) is 6.01. The number of ether oxygens (including phenoxy) is 2. The molecule has 3 heterocycles. The molecule has 6 heteroatoms. The Morgan fingerprint density at radius 3 is 2.86 bits per heavy atom. The third kappa shape index (κ3) is 2.99. The Labute approximate surface area is 133 Å². The molecule has 0 bridgehead atoms. The van der Waals surface area contributed by atoms with Crippen molar-refractivity contribution in [2.75, 3.05) is 19.5 Å². The summed E-state index contributed by atoms with van der Waals surface area (Å²) in [4.78, 5) is 16.9. The molecule has 0 radical (unpaired) electrons. The Morgan fingerprint density at radius 1 is 1.38 bits per heavy atom. The molecule has 2 aliphatic heterocycles. The average Bonchev–Trinajstić information content (AvgIpc) is 3.17. The van der Waals surface area contributed by atoms with Gasteiger partial charge in [0.25, 0.3) is 5.91 Å². The van der Waals surface area contributed by atoms with E-state index in [9.17, 15) is 4.79 Å². The zero-order valence-electron chi connectivity index (χ0n) is 12.4. The highest BCUT2D eigenvalue weighted by molar-refractivity contribution is 7.98. The van der Waals surface area contributed by atoms with Gasteiger partial charge >= 0.3 is 0 Å².